The van der Waals surface area contributed by atoms with Gasteiger partial charge in [0.05, 0.1) is 0 Å². The molecule has 4 N–H and O–H groups in total. The van der Waals surface area contributed by atoms with E-state index in [1.165, 1.54) is 0 Å². The zero-order valence-corrected chi connectivity index (χ0v) is 9.36. The van der Waals surface area contributed by atoms with Crippen molar-refractivity contribution in [3.05, 3.63) is 29.8 Å². The zero-order chi connectivity index (χ0) is 11.5. The van der Waals surface area contributed by atoms with Gasteiger partial charge in [-0.2, -0.15) is 0 Å². The van der Waals surface area contributed by atoms with Crippen molar-refractivity contribution < 1.29 is 4.79 Å². The number of nitrogens with one attached hydrogen (secondary N) is 2. The maximum atomic E-state index is 11.0. The van der Waals surface area contributed by atoms with Gasteiger partial charge in [0, 0.05) is 23.3 Å². The molecule has 0 aromatic heterocycles. The lowest BCUT2D eigenvalue weighted by Crippen LogP contribution is -2.46. The third kappa shape index (κ3) is 2.33. The summed E-state index contributed by atoms with van der Waals surface area (Å²) in [5, 5.41) is 6.62. The Labute approximate surface area is 95.2 Å². The first kappa shape index (κ1) is 11.0. The van der Waals surface area contributed by atoms with E-state index in [1.54, 1.807) is 12.1 Å². The van der Waals surface area contributed by atoms with E-state index in [-0.39, 0.29) is 5.91 Å². The van der Waals surface area contributed by atoms with Crippen LogP contribution in [0.3, 0.4) is 0 Å². The maximum Gasteiger partial charge on any atom is 0.248 e. The first-order chi connectivity index (χ1) is 7.69. The molecule has 1 saturated carbocycles. The Hall–Kier alpha value is -1.55. The van der Waals surface area contributed by atoms with E-state index in [9.17, 15) is 4.79 Å². The summed E-state index contributed by atoms with van der Waals surface area (Å²) < 4.78 is 0. The Morgan fingerprint density at radius 3 is 2.75 bits per heavy atom. The number of hydrogen-bond donors (Lipinski definition) is 3. The molecule has 1 fully saturated rings. The largest absolute Gasteiger partial charge is 0.382 e. The second kappa shape index (κ2) is 4.53. The molecule has 0 aliphatic heterocycles. The van der Waals surface area contributed by atoms with Crippen LogP contribution in [-0.2, 0) is 0 Å². The molecule has 1 aliphatic carbocycles. The van der Waals surface area contributed by atoms with E-state index in [2.05, 4.69) is 10.6 Å². The van der Waals surface area contributed by atoms with Crippen LogP contribution in [0, 0.1) is 0 Å². The highest BCUT2D eigenvalue weighted by Gasteiger charge is 2.27. The Bertz CT molecular complexity index is 386. The minimum absolute atomic E-state index is 0.384. The summed E-state index contributed by atoms with van der Waals surface area (Å²) in [5.41, 5.74) is 6.75. The summed E-state index contributed by atoms with van der Waals surface area (Å²) in [6, 6.07) is 8.45. The van der Waals surface area contributed by atoms with E-state index in [0.29, 0.717) is 17.6 Å². The monoisotopic (exact) mass is 219 g/mol. The van der Waals surface area contributed by atoms with Crippen LogP contribution >= 0.6 is 0 Å². The lowest BCUT2D eigenvalue weighted by Gasteiger charge is -2.36. The number of amides is 1. The Kier molecular flexibility index (Phi) is 3.10. The number of anilines is 1. The van der Waals surface area contributed by atoms with Crippen LogP contribution in [0.15, 0.2) is 24.3 Å². The fourth-order valence-corrected chi connectivity index (χ4v) is 1.97. The minimum Gasteiger partial charge on any atom is -0.382 e. The van der Waals surface area contributed by atoms with Crippen LogP contribution < -0.4 is 16.4 Å². The number of nitrogens with two attached hydrogens (primary N) is 1. The average molecular weight is 219 g/mol. The Morgan fingerprint density at radius 2 is 2.12 bits per heavy atom. The molecular weight excluding hydrogens is 202 g/mol. The summed E-state index contributed by atoms with van der Waals surface area (Å²) in [6.45, 7) is 0. The highest BCUT2D eigenvalue weighted by molar-refractivity contribution is 5.93. The molecule has 4 nitrogen and oxygen atoms in total. The van der Waals surface area contributed by atoms with Crippen molar-refractivity contribution in [3.8, 4) is 0 Å². The third-order valence-corrected chi connectivity index (χ3v) is 3.06. The summed E-state index contributed by atoms with van der Waals surface area (Å²) >= 11 is 0. The molecule has 1 aliphatic rings. The second-order valence-electron chi connectivity index (χ2n) is 4.24. The summed E-state index contributed by atoms with van der Waals surface area (Å²) in [5.74, 6) is -0.384. The first-order valence-electron chi connectivity index (χ1n) is 5.52. The molecule has 2 rings (SSSR count). The van der Waals surface area contributed by atoms with Gasteiger partial charge >= 0.3 is 0 Å². The number of rotatable bonds is 4. The van der Waals surface area contributed by atoms with Gasteiger partial charge in [-0.25, -0.2) is 0 Å². The van der Waals surface area contributed by atoms with Crippen LogP contribution in [0.5, 0.6) is 0 Å². The SMILES string of the molecule is CNC1CC(Nc2cccc(C(N)=O)c2)C1. The highest BCUT2D eigenvalue weighted by Crippen LogP contribution is 2.24. The lowest BCUT2D eigenvalue weighted by atomic mass is 9.87. The Morgan fingerprint density at radius 1 is 1.38 bits per heavy atom. The smallest absolute Gasteiger partial charge is 0.248 e. The molecule has 0 unspecified atom stereocenters. The van der Waals surface area contributed by atoms with Crippen LogP contribution in [0.2, 0.25) is 0 Å². The molecule has 86 valence electrons. The molecular formula is C12H17N3O. The van der Waals surface area contributed by atoms with E-state index in [4.69, 9.17) is 5.73 Å². The molecule has 0 atom stereocenters. The molecule has 0 heterocycles. The topological polar surface area (TPSA) is 67.2 Å². The number of primary amides is 1. The van der Waals surface area contributed by atoms with Gasteiger partial charge in [0.2, 0.25) is 5.91 Å². The minimum atomic E-state index is -0.384. The van der Waals surface area contributed by atoms with Crippen LogP contribution in [-0.4, -0.2) is 25.0 Å². The summed E-state index contributed by atoms with van der Waals surface area (Å²) in [7, 11) is 1.98. The normalized spacial score (nSPS) is 23.6. The molecule has 1 amide bonds. The van der Waals surface area contributed by atoms with Gasteiger partial charge in [-0.05, 0) is 38.1 Å². The average Bonchev–Trinajstić information content (AvgIpc) is 2.23. The first-order valence-corrected chi connectivity index (χ1v) is 5.52. The van der Waals surface area contributed by atoms with Crippen molar-refractivity contribution in [3.63, 3.8) is 0 Å². The molecule has 0 spiro atoms. The van der Waals surface area contributed by atoms with Crippen molar-refractivity contribution in [1.82, 2.24) is 5.32 Å². The van der Waals surface area contributed by atoms with Crippen LogP contribution in [0.25, 0.3) is 0 Å². The number of carbonyl (C=O) groups excluding carboxylic acids is 1. The predicted octanol–water partition coefficient (Wildman–Crippen LogP) is 0.948. The van der Waals surface area contributed by atoms with Crippen LogP contribution in [0.4, 0.5) is 5.69 Å². The van der Waals surface area contributed by atoms with E-state index in [0.717, 1.165) is 18.5 Å². The third-order valence-electron chi connectivity index (χ3n) is 3.06. The molecule has 0 saturated heterocycles. The van der Waals surface area contributed by atoms with E-state index in [1.807, 2.05) is 19.2 Å². The quantitative estimate of drug-likeness (QED) is 0.706. The fourth-order valence-electron chi connectivity index (χ4n) is 1.97. The van der Waals surface area contributed by atoms with Crippen molar-refractivity contribution in [2.45, 2.75) is 24.9 Å². The predicted molar refractivity (Wildman–Crippen MR) is 64.5 cm³/mol. The van der Waals surface area contributed by atoms with E-state index < -0.39 is 0 Å². The molecule has 1 aromatic rings. The van der Waals surface area contributed by atoms with Crippen molar-refractivity contribution >= 4 is 11.6 Å². The van der Waals surface area contributed by atoms with Gasteiger partial charge in [-0.3, -0.25) is 4.79 Å². The van der Waals surface area contributed by atoms with E-state index >= 15 is 0 Å². The van der Waals surface area contributed by atoms with Gasteiger partial charge in [-0.1, -0.05) is 6.07 Å². The number of carbonyl (C=O) groups is 1. The lowest BCUT2D eigenvalue weighted by molar-refractivity contribution is 0.100. The fraction of sp³-hybridized carbons (Fsp3) is 0.417. The van der Waals surface area contributed by atoms with Crippen LogP contribution in [0.1, 0.15) is 23.2 Å². The van der Waals surface area contributed by atoms with Crippen molar-refractivity contribution in [1.29, 1.82) is 0 Å². The molecule has 0 bridgehead atoms. The van der Waals surface area contributed by atoms with Gasteiger partial charge in [0.15, 0.2) is 0 Å². The van der Waals surface area contributed by atoms with Gasteiger partial charge in [0.1, 0.15) is 0 Å². The summed E-state index contributed by atoms with van der Waals surface area (Å²) in [4.78, 5) is 11.0. The maximum absolute atomic E-state index is 11.0. The van der Waals surface area contributed by atoms with Crippen molar-refractivity contribution in [2.24, 2.45) is 5.73 Å². The highest BCUT2D eigenvalue weighted by atomic mass is 16.1. The van der Waals surface area contributed by atoms with Gasteiger partial charge in [-0.15, -0.1) is 0 Å². The molecule has 4 heteroatoms. The molecule has 0 radical (unpaired) electrons. The number of benzene rings is 1. The zero-order valence-electron chi connectivity index (χ0n) is 9.36. The standard InChI is InChI=1S/C12H17N3O/c1-14-10-6-11(7-10)15-9-4-2-3-8(5-9)12(13)16/h2-5,10-11,14-15H,6-7H2,1H3,(H2,13,16). The molecule has 16 heavy (non-hydrogen) atoms. The summed E-state index contributed by atoms with van der Waals surface area (Å²) in [6.07, 6.45) is 2.24. The Balaban J connectivity index is 1.95. The van der Waals surface area contributed by atoms with Gasteiger partial charge < -0.3 is 16.4 Å². The van der Waals surface area contributed by atoms with Gasteiger partial charge in [0.25, 0.3) is 0 Å². The molecule has 1 aromatic carbocycles. The van der Waals surface area contributed by atoms with Crippen molar-refractivity contribution in [2.75, 3.05) is 12.4 Å². The number of hydrogen-bond acceptors (Lipinski definition) is 3. The second-order valence-corrected chi connectivity index (χ2v) is 4.24.